The first-order valence-corrected chi connectivity index (χ1v) is 6.82. The number of carbonyl (C=O) groups is 1. The zero-order chi connectivity index (χ0) is 16.8. The van der Waals surface area contributed by atoms with Gasteiger partial charge in [0.2, 0.25) is 0 Å². The summed E-state index contributed by atoms with van der Waals surface area (Å²) in [4.78, 5) is 11.8. The molecule has 122 valence electrons. The number of nitrogens with one attached hydrogen (secondary N) is 2. The number of aliphatic hydroxyl groups is 1. The van der Waals surface area contributed by atoms with E-state index in [1.165, 1.54) is 13.2 Å². The van der Waals surface area contributed by atoms with E-state index in [2.05, 4.69) is 10.6 Å². The van der Waals surface area contributed by atoms with Crippen LogP contribution in [-0.4, -0.2) is 24.8 Å². The fraction of sp³-hybridized carbons (Fsp3) is 0.188. The highest BCUT2D eigenvalue weighted by atomic mass is 19.2. The average molecular weight is 322 g/mol. The van der Waals surface area contributed by atoms with Gasteiger partial charge < -0.3 is 20.5 Å². The van der Waals surface area contributed by atoms with Gasteiger partial charge in [0, 0.05) is 6.54 Å². The Kier molecular flexibility index (Phi) is 5.48. The molecule has 0 saturated heterocycles. The number of carbonyl (C=O) groups excluding carboxylic acids is 1. The van der Waals surface area contributed by atoms with E-state index in [0.717, 1.165) is 12.1 Å². The first-order valence-electron chi connectivity index (χ1n) is 6.82. The molecule has 1 unspecified atom stereocenters. The maximum absolute atomic E-state index is 13.1. The number of hydrogen-bond donors (Lipinski definition) is 3. The molecule has 2 aromatic carbocycles. The highest BCUT2D eigenvalue weighted by Gasteiger charge is 2.13. The lowest BCUT2D eigenvalue weighted by atomic mass is 10.1. The van der Waals surface area contributed by atoms with Crippen LogP contribution in [0, 0.1) is 11.6 Å². The lowest BCUT2D eigenvalue weighted by molar-refractivity contribution is 0.174. The Labute approximate surface area is 131 Å². The van der Waals surface area contributed by atoms with Gasteiger partial charge in [-0.2, -0.15) is 0 Å². The Hall–Kier alpha value is -2.67. The maximum Gasteiger partial charge on any atom is 0.319 e. The Balaban J connectivity index is 1.92. The zero-order valence-electron chi connectivity index (χ0n) is 12.3. The Morgan fingerprint density at radius 2 is 1.96 bits per heavy atom. The minimum Gasteiger partial charge on any atom is -0.495 e. The second kappa shape index (κ2) is 7.55. The van der Waals surface area contributed by atoms with Crippen LogP contribution in [0.4, 0.5) is 19.3 Å². The van der Waals surface area contributed by atoms with Crippen LogP contribution < -0.4 is 15.4 Å². The number of benzene rings is 2. The smallest absolute Gasteiger partial charge is 0.319 e. The molecule has 2 aromatic rings. The van der Waals surface area contributed by atoms with Gasteiger partial charge in [-0.05, 0) is 29.8 Å². The normalized spacial score (nSPS) is 11.7. The quantitative estimate of drug-likeness (QED) is 0.793. The van der Waals surface area contributed by atoms with Crippen LogP contribution in [0.1, 0.15) is 11.7 Å². The molecule has 0 radical (unpaired) electrons. The minimum atomic E-state index is -1.16. The molecule has 0 spiro atoms. The van der Waals surface area contributed by atoms with E-state index in [-0.39, 0.29) is 12.1 Å². The summed E-state index contributed by atoms with van der Waals surface area (Å²) in [6.07, 6.45) is -1.16. The molecule has 0 fully saturated rings. The Morgan fingerprint density at radius 1 is 1.22 bits per heavy atom. The first kappa shape index (κ1) is 16.7. The van der Waals surface area contributed by atoms with Crippen molar-refractivity contribution in [2.24, 2.45) is 0 Å². The van der Waals surface area contributed by atoms with E-state index in [4.69, 9.17) is 4.74 Å². The summed E-state index contributed by atoms with van der Waals surface area (Å²) >= 11 is 0. The summed E-state index contributed by atoms with van der Waals surface area (Å²) < 4.78 is 31.0. The molecule has 1 atom stereocenters. The van der Waals surface area contributed by atoms with Crippen molar-refractivity contribution >= 4 is 11.7 Å². The highest BCUT2D eigenvalue weighted by Crippen LogP contribution is 2.22. The number of methoxy groups -OCH3 is 1. The van der Waals surface area contributed by atoms with Gasteiger partial charge in [0.15, 0.2) is 11.6 Å². The van der Waals surface area contributed by atoms with Crippen LogP contribution in [-0.2, 0) is 0 Å². The van der Waals surface area contributed by atoms with Gasteiger partial charge in [-0.3, -0.25) is 0 Å². The lowest BCUT2D eigenvalue weighted by Gasteiger charge is -2.14. The molecule has 0 heterocycles. The fourth-order valence-electron chi connectivity index (χ4n) is 1.94. The summed E-state index contributed by atoms with van der Waals surface area (Å²) in [6, 6.07) is 9.33. The summed E-state index contributed by atoms with van der Waals surface area (Å²) in [5.74, 6) is -1.56. The van der Waals surface area contributed by atoms with Crippen molar-refractivity contribution in [1.29, 1.82) is 0 Å². The van der Waals surface area contributed by atoms with Gasteiger partial charge in [0.25, 0.3) is 0 Å². The number of anilines is 1. The van der Waals surface area contributed by atoms with E-state index in [0.29, 0.717) is 11.4 Å². The molecule has 7 heteroatoms. The standard InChI is InChI=1S/C16H16F2N2O3/c1-23-15-5-3-2-4-13(15)20-16(22)19-9-14(21)10-6-7-11(17)12(18)8-10/h2-8,14,21H,9H2,1H3,(H2,19,20,22). The molecule has 0 aliphatic carbocycles. The number of ether oxygens (including phenoxy) is 1. The second-order valence-electron chi connectivity index (χ2n) is 4.72. The first-order chi connectivity index (χ1) is 11.0. The third kappa shape index (κ3) is 4.40. The third-order valence-electron chi connectivity index (χ3n) is 3.14. The van der Waals surface area contributed by atoms with Crippen LogP contribution in [0.2, 0.25) is 0 Å². The third-order valence-corrected chi connectivity index (χ3v) is 3.14. The van der Waals surface area contributed by atoms with Crippen molar-refractivity contribution in [2.45, 2.75) is 6.10 Å². The summed E-state index contributed by atoms with van der Waals surface area (Å²) in [5, 5.41) is 14.9. The van der Waals surface area contributed by atoms with Crippen LogP contribution >= 0.6 is 0 Å². The van der Waals surface area contributed by atoms with Gasteiger partial charge in [-0.25, -0.2) is 13.6 Å². The summed E-state index contributed by atoms with van der Waals surface area (Å²) in [5.41, 5.74) is 0.635. The number of halogens is 2. The number of rotatable bonds is 5. The molecular weight excluding hydrogens is 306 g/mol. The highest BCUT2D eigenvalue weighted by molar-refractivity contribution is 5.90. The maximum atomic E-state index is 13.1. The second-order valence-corrected chi connectivity index (χ2v) is 4.72. The van der Waals surface area contributed by atoms with Gasteiger partial charge >= 0.3 is 6.03 Å². The average Bonchev–Trinajstić information content (AvgIpc) is 2.55. The van der Waals surface area contributed by atoms with Crippen molar-refractivity contribution in [2.75, 3.05) is 19.0 Å². The van der Waals surface area contributed by atoms with Gasteiger partial charge in [0.1, 0.15) is 5.75 Å². The molecular formula is C16H16F2N2O3. The predicted molar refractivity (Wildman–Crippen MR) is 81.3 cm³/mol. The Bertz CT molecular complexity index is 695. The van der Waals surface area contributed by atoms with Crippen molar-refractivity contribution in [3.63, 3.8) is 0 Å². The number of amides is 2. The van der Waals surface area contributed by atoms with E-state index in [1.807, 2.05) is 0 Å². The van der Waals surface area contributed by atoms with E-state index in [1.54, 1.807) is 24.3 Å². The zero-order valence-corrected chi connectivity index (χ0v) is 12.3. The van der Waals surface area contributed by atoms with Crippen LogP contribution in [0.25, 0.3) is 0 Å². The largest absolute Gasteiger partial charge is 0.495 e. The number of urea groups is 1. The van der Waals surface area contributed by atoms with E-state index < -0.39 is 23.8 Å². The fourth-order valence-corrected chi connectivity index (χ4v) is 1.94. The molecule has 0 bridgehead atoms. The van der Waals surface area contributed by atoms with Crippen molar-refractivity contribution < 1.29 is 23.4 Å². The minimum absolute atomic E-state index is 0.161. The van der Waals surface area contributed by atoms with Gasteiger partial charge in [-0.1, -0.05) is 18.2 Å². The molecule has 0 aliphatic heterocycles. The van der Waals surface area contributed by atoms with Crippen molar-refractivity contribution in [3.8, 4) is 5.75 Å². The molecule has 23 heavy (non-hydrogen) atoms. The topological polar surface area (TPSA) is 70.6 Å². The molecule has 0 saturated carbocycles. The SMILES string of the molecule is COc1ccccc1NC(=O)NCC(O)c1ccc(F)c(F)c1. The monoisotopic (exact) mass is 322 g/mol. The predicted octanol–water partition coefficient (Wildman–Crippen LogP) is 2.83. The molecule has 2 rings (SSSR count). The van der Waals surface area contributed by atoms with Crippen molar-refractivity contribution in [3.05, 3.63) is 59.7 Å². The molecule has 5 nitrogen and oxygen atoms in total. The summed E-state index contributed by atoms with van der Waals surface area (Å²) in [7, 11) is 1.48. The van der Waals surface area contributed by atoms with Crippen LogP contribution in [0.5, 0.6) is 5.75 Å². The van der Waals surface area contributed by atoms with Crippen molar-refractivity contribution in [1.82, 2.24) is 5.32 Å². The lowest BCUT2D eigenvalue weighted by Crippen LogP contribution is -2.32. The number of aliphatic hydroxyl groups excluding tert-OH is 1. The van der Waals surface area contributed by atoms with Gasteiger partial charge in [-0.15, -0.1) is 0 Å². The van der Waals surface area contributed by atoms with Gasteiger partial charge in [0.05, 0.1) is 18.9 Å². The number of para-hydroxylation sites is 2. The Morgan fingerprint density at radius 3 is 2.65 bits per heavy atom. The molecule has 0 aliphatic rings. The van der Waals surface area contributed by atoms with E-state index >= 15 is 0 Å². The molecule has 2 amide bonds. The number of hydrogen-bond acceptors (Lipinski definition) is 3. The van der Waals surface area contributed by atoms with Crippen LogP contribution in [0.3, 0.4) is 0 Å². The molecule has 0 aromatic heterocycles. The summed E-state index contributed by atoms with van der Waals surface area (Å²) in [6.45, 7) is -0.161. The molecule has 3 N–H and O–H groups in total. The van der Waals surface area contributed by atoms with Crippen LogP contribution in [0.15, 0.2) is 42.5 Å². The van der Waals surface area contributed by atoms with E-state index in [9.17, 15) is 18.7 Å².